The SMILES string of the molecule is CCOC1CC(NC(=O)CCCC(=O)c2ccc(OC)cc2)(C(=O)O)C1(C)C. The lowest BCUT2D eigenvalue weighted by atomic mass is 9.54. The van der Waals surface area contributed by atoms with Crippen LogP contribution >= 0.6 is 0 Å². The van der Waals surface area contributed by atoms with Crippen molar-refractivity contribution < 1.29 is 29.0 Å². The van der Waals surface area contributed by atoms with Crippen molar-refractivity contribution in [2.45, 2.75) is 58.1 Å². The highest BCUT2D eigenvalue weighted by atomic mass is 16.5. The molecule has 0 aromatic heterocycles. The van der Waals surface area contributed by atoms with Gasteiger partial charge >= 0.3 is 5.97 Å². The summed E-state index contributed by atoms with van der Waals surface area (Å²) in [5.41, 5.74) is -1.50. The fourth-order valence-corrected chi connectivity index (χ4v) is 3.67. The van der Waals surface area contributed by atoms with Gasteiger partial charge in [0, 0.05) is 36.8 Å². The Morgan fingerprint density at radius 2 is 1.82 bits per heavy atom. The van der Waals surface area contributed by atoms with Gasteiger partial charge < -0.3 is 19.9 Å². The van der Waals surface area contributed by atoms with E-state index in [1.807, 2.05) is 6.92 Å². The summed E-state index contributed by atoms with van der Waals surface area (Å²) in [5.74, 6) is -0.823. The van der Waals surface area contributed by atoms with Crippen molar-refractivity contribution >= 4 is 17.7 Å². The topological polar surface area (TPSA) is 102 Å². The molecule has 2 unspecified atom stereocenters. The Kier molecular flexibility index (Phi) is 6.82. The fourth-order valence-electron chi connectivity index (χ4n) is 3.67. The number of nitrogens with one attached hydrogen (secondary N) is 1. The van der Waals surface area contributed by atoms with Gasteiger partial charge in [0.1, 0.15) is 11.3 Å². The zero-order valence-electron chi connectivity index (χ0n) is 16.9. The van der Waals surface area contributed by atoms with E-state index in [0.29, 0.717) is 24.3 Å². The molecule has 2 N–H and O–H groups in total. The summed E-state index contributed by atoms with van der Waals surface area (Å²) in [6.07, 6.45) is 0.670. The van der Waals surface area contributed by atoms with Crippen LogP contribution in [-0.4, -0.2) is 48.1 Å². The van der Waals surface area contributed by atoms with Crippen LogP contribution in [-0.2, 0) is 14.3 Å². The average Bonchev–Trinajstić information content (AvgIpc) is 2.66. The van der Waals surface area contributed by atoms with Gasteiger partial charge in [-0.3, -0.25) is 9.59 Å². The Bertz CT molecular complexity index is 727. The maximum Gasteiger partial charge on any atom is 0.330 e. The molecule has 0 spiro atoms. The highest BCUT2D eigenvalue weighted by molar-refractivity contribution is 5.96. The molecular weight excluding hydrogens is 362 g/mol. The van der Waals surface area contributed by atoms with Crippen LogP contribution in [0.15, 0.2) is 24.3 Å². The van der Waals surface area contributed by atoms with E-state index in [2.05, 4.69) is 5.32 Å². The number of hydrogen-bond donors (Lipinski definition) is 2. The molecule has 1 fully saturated rings. The third-order valence-electron chi connectivity index (χ3n) is 5.70. The third kappa shape index (κ3) is 4.19. The number of Topliss-reactive ketones (excluding diaryl/α,β-unsaturated/α-hetero) is 1. The van der Waals surface area contributed by atoms with Crippen molar-refractivity contribution in [3.05, 3.63) is 29.8 Å². The lowest BCUT2D eigenvalue weighted by molar-refractivity contribution is -0.194. The zero-order valence-corrected chi connectivity index (χ0v) is 16.9. The molecule has 7 nitrogen and oxygen atoms in total. The zero-order chi connectivity index (χ0) is 20.9. The quantitative estimate of drug-likeness (QED) is 0.595. The van der Waals surface area contributed by atoms with Gasteiger partial charge in [0.25, 0.3) is 0 Å². The van der Waals surface area contributed by atoms with Gasteiger partial charge in [-0.2, -0.15) is 0 Å². The lowest BCUT2D eigenvalue weighted by Crippen LogP contribution is -2.76. The number of ketones is 1. The molecule has 0 bridgehead atoms. The first-order chi connectivity index (χ1) is 13.2. The lowest BCUT2D eigenvalue weighted by Gasteiger charge is -2.58. The van der Waals surface area contributed by atoms with Gasteiger partial charge in [0.15, 0.2) is 5.78 Å². The maximum atomic E-state index is 12.4. The number of ether oxygens (including phenoxy) is 2. The number of amides is 1. The highest BCUT2D eigenvalue weighted by Crippen LogP contribution is 2.51. The molecule has 0 aliphatic heterocycles. The minimum atomic E-state index is -1.34. The molecule has 1 aliphatic carbocycles. The number of carbonyl (C=O) groups excluding carboxylic acids is 2. The van der Waals surface area contributed by atoms with E-state index < -0.39 is 16.9 Å². The predicted molar refractivity (Wildman–Crippen MR) is 103 cm³/mol. The van der Waals surface area contributed by atoms with Crippen molar-refractivity contribution in [2.75, 3.05) is 13.7 Å². The molecule has 28 heavy (non-hydrogen) atoms. The van der Waals surface area contributed by atoms with Gasteiger partial charge in [-0.15, -0.1) is 0 Å². The van der Waals surface area contributed by atoms with Crippen LogP contribution in [0.3, 0.4) is 0 Å². The first-order valence-electron chi connectivity index (χ1n) is 9.51. The second kappa shape index (κ2) is 8.73. The molecule has 0 heterocycles. The summed E-state index contributed by atoms with van der Waals surface area (Å²) in [6.45, 7) is 5.93. The second-order valence-corrected chi connectivity index (χ2v) is 7.63. The second-order valence-electron chi connectivity index (χ2n) is 7.63. The Labute approximate surface area is 165 Å². The minimum absolute atomic E-state index is 0.0659. The molecule has 1 aliphatic rings. The predicted octanol–water partition coefficient (Wildman–Crippen LogP) is 2.82. The minimum Gasteiger partial charge on any atom is -0.497 e. The van der Waals surface area contributed by atoms with E-state index in [-0.39, 0.29) is 37.1 Å². The van der Waals surface area contributed by atoms with Crippen LogP contribution in [0, 0.1) is 5.41 Å². The van der Waals surface area contributed by atoms with Crippen LogP contribution < -0.4 is 10.1 Å². The summed E-state index contributed by atoms with van der Waals surface area (Å²) in [7, 11) is 1.55. The number of aliphatic carboxylic acids is 1. The standard InChI is InChI=1S/C21H29NO6/c1-5-28-17-13-21(19(25)26,20(17,2)3)22-18(24)8-6-7-16(23)14-9-11-15(27-4)12-10-14/h9-12,17H,5-8,13H2,1-4H3,(H,22,24)(H,25,26). The van der Waals surface area contributed by atoms with Crippen LogP contribution in [0.2, 0.25) is 0 Å². The molecule has 2 rings (SSSR count). The van der Waals surface area contributed by atoms with Gasteiger partial charge in [0.2, 0.25) is 5.91 Å². The van der Waals surface area contributed by atoms with Crippen LogP contribution in [0.25, 0.3) is 0 Å². The van der Waals surface area contributed by atoms with Crippen molar-refractivity contribution in [1.29, 1.82) is 0 Å². The summed E-state index contributed by atoms with van der Waals surface area (Å²) in [6, 6.07) is 6.80. The number of benzene rings is 1. The number of carbonyl (C=O) groups is 3. The van der Waals surface area contributed by atoms with E-state index in [1.165, 1.54) is 0 Å². The van der Waals surface area contributed by atoms with E-state index >= 15 is 0 Å². The van der Waals surface area contributed by atoms with Crippen molar-refractivity contribution in [3.63, 3.8) is 0 Å². The molecule has 0 radical (unpaired) electrons. The number of methoxy groups -OCH3 is 1. The molecule has 154 valence electrons. The van der Waals surface area contributed by atoms with Crippen LogP contribution in [0.5, 0.6) is 5.75 Å². The summed E-state index contributed by atoms with van der Waals surface area (Å²) >= 11 is 0. The third-order valence-corrected chi connectivity index (χ3v) is 5.70. The molecule has 2 atom stereocenters. The molecular formula is C21H29NO6. The van der Waals surface area contributed by atoms with Crippen molar-refractivity contribution in [2.24, 2.45) is 5.41 Å². The summed E-state index contributed by atoms with van der Waals surface area (Å²) in [5, 5.41) is 12.4. The van der Waals surface area contributed by atoms with Gasteiger partial charge in [-0.1, -0.05) is 13.8 Å². The highest BCUT2D eigenvalue weighted by Gasteiger charge is 2.66. The first kappa shape index (κ1) is 21.9. The Morgan fingerprint density at radius 1 is 1.18 bits per heavy atom. The van der Waals surface area contributed by atoms with Crippen LogP contribution in [0.4, 0.5) is 0 Å². The maximum absolute atomic E-state index is 12.4. The van der Waals surface area contributed by atoms with Gasteiger partial charge in [0.05, 0.1) is 13.2 Å². The molecule has 1 aromatic carbocycles. The summed E-state index contributed by atoms with van der Waals surface area (Å²) in [4.78, 5) is 36.5. The number of carboxylic acid groups (broad SMARTS) is 1. The molecule has 1 aromatic rings. The number of hydrogen-bond acceptors (Lipinski definition) is 5. The normalized spacial score (nSPS) is 22.8. The monoisotopic (exact) mass is 391 g/mol. The Balaban J connectivity index is 1.88. The fraction of sp³-hybridized carbons (Fsp3) is 0.571. The van der Waals surface area contributed by atoms with Gasteiger partial charge in [-0.25, -0.2) is 4.79 Å². The van der Waals surface area contributed by atoms with Crippen molar-refractivity contribution in [1.82, 2.24) is 5.32 Å². The Hall–Kier alpha value is -2.41. The van der Waals surface area contributed by atoms with Gasteiger partial charge in [-0.05, 0) is 37.6 Å². The van der Waals surface area contributed by atoms with E-state index in [1.54, 1.807) is 45.2 Å². The number of rotatable bonds is 10. The van der Waals surface area contributed by atoms with Crippen molar-refractivity contribution in [3.8, 4) is 5.75 Å². The Morgan fingerprint density at radius 3 is 2.32 bits per heavy atom. The summed E-state index contributed by atoms with van der Waals surface area (Å²) < 4.78 is 10.7. The molecule has 1 saturated carbocycles. The van der Waals surface area contributed by atoms with E-state index in [0.717, 1.165) is 0 Å². The number of carboxylic acids is 1. The molecule has 1 amide bonds. The smallest absolute Gasteiger partial charge is 0.330 e. The average molecular weight is 391 g/mol. The van der Waals surface area contributed by atoms with Crippen LogP contribution in [0.1, 0.15) is 56.8 Å². The molecule has 0 saturated heterocycles. The van der Waals surface area contributed by atoms with E-state index in [9.17, 15) is 19.5 Å². The largest absolute Gasteiger partial charge is 0.497 e. The van der Waals surface area contributed by atoms with E-state index in [4.69, 9.17) is 9.47 Å². The molecule has 7 heteroatoms. The first-order valence-corrected chi connectivity index (χ1v) is 9.51.